The first kappa shape index (κ1) is 12.3. The Bertz CT molecular complexity index is 617. The lowest BCUT2D eigenvalue weighted by molar-refractivity contribution is 0.280. The predicted octanol–water partition coefficient (Wildman–Crippen LogP) is 1.55. The van der Waals surface area contributed by atoms with Crippen LogP contribution in [0.15, 0.2) is 39.9 Å². The Hall–Kier alpha value is -1.21. The van der Waals surface area contributed by atoms with Gasteiger partial charge in [0.25, 0.3) is 0 Å². The highest BCUT2D eigenvalue weighted by Gasteiger charge is 2.20. The Morgan fingerprint density at radius 1 is 1.24 bits per heavy atom. The summed E-state index contributed by atoms with van der Waals surface area (Å²) in [5.41, 5.74) is 1.94. The molecule has 1 heterocycles. The van der Waals surface area contributed by atoms with Gasteiger partial charge in [-0.05, 0) is 11.1 Å². The van der Waals surface area contributed by atoms with E-state index < -0.39 is 10.0 Å². The molecule has 2 aromatic rings. The molecule has 0 aliphatic carbocycles. The first-order chi connectivity index (χ1) is 8.04. The molecular weight excluding hydrogens is 258 g/mol. The van der Waals surface area contributed by atoms with Crippen LogP contribution in [-0.2, 0) is 16.6 Å². The summed E-state index contributed by atoms with van der Waals surface area (Å²) in [5, 5.41) is 16.1. The number of hydrogen-bond acceptors (Lipinski definition) is 4. The van der Waals surface area contributed by atoms with Crippen molar-refractivity contribution >= 4 is 21.4 Å². The summed E-state index contributed by atoms with van der Waals surface area (Å²) in [6.45, 7) is -0.348. The van der Waals surface area contributed by atoms with Crippen LogP contribution in [0.5, 0.6) is 0 Å². The van der Waals surface area contributed by atoms with Crippen molar-refractivity contribution < 1.29 is 13.5 Å². The minimum atomic E-state index is -3.77. The first-order valence-corrected chi connectivity index (χ1v) is 7.26. The number of aliphatic hydroxyl groups is 1. The maximum atomic E-state index is 11.3. The SMILES string of the molecule is NS(=O)(=O)c1scc(-c2ccccc2)c1CO. The van der Waals surface area contributed by atoms with Crippen molar-refractivity contribution in [3.05, 3.63) is 41.3 Å². The fraction of sp³-hybridized carbons (Fsp3) is 0.0909. The highest BCUT2D eigenvalue weighted by atomic mass is 32.2. The highest BCUT2D eigenvalue weighted by molar-refractivity contribution is 7.91. The standard InChI is InChI=1S/C11H11NO3S2/c12-17(14,15)11-9(6-13)10(7-16-11)8-4-2-1-3-5-8/h1-5,7,13H,6H2,(H2,12,14,15). The van der Waals surface area contributed by atoms with Gasteiger partial charge in [-0.25, -0.2) is 13.6 Å². The van der Waals surface area contributed by atoms with E-state index in [0.717, 1.165) is 16.9 Å². The second kappa shape index (κ2) is 4.58. The Balaban J connectivity index is 2.62. The highest BCUT2D eigenvalue weighted by Crippen LogP contribution is 2.33. The van der Waals surface area contributed by atoms with Gasteiger partial charge < -0.3 is 5.11 Å². The molecular formula is C11H11NO3S2. The summed E-state index contributed by atoms with van der Waals surface area (Å²) < 4.78 is 22.7. The van der Waals surface area contributed by atoms with E-state index >= 15 is 0 Å². The van der Waals surface area contributed by atoms with Crippen molar-refractivity contribution in [1.29, 1.82) is 0 Å². The second-order valence-corrected chi connectivity index (χ2v) is 6.12. The van der Waals surface area contributed by atoms with E-state index in [1.807, 2.05) is 30.3 Å². The molecule has 2 rings (SSSR count). The Morgan fingerprint density at radius 2 is 1.88 bits per heavy atom. The molecule has 1 aromatic heterocycles. The molecule has 0 fully saturated rings. The third kappa shape index (κ3) is 2.39. The van der Waals surface area contributed by atoms with Crippen LogP contribution >= 0.6 is 11.3 Å². The second-order valence-electron chi connectivity index (χ2n) is 3.48. The van der Waals surface area contributed by atoms with E-state index in [1.165, 1.54) is 0 Å². The van der Waals surface area contributed by atoms with Gasteiger partial charge in [0, 0.05) is 10.9 Å². The zero-order valence-electron chi connectivity index (χ0n) is 8.83. The smallest absolute Gasteiger partial charge is 0.247 e. The average molecular weight is 269 g/mol. The molecule has 0 amide bonds. The third-order valence-electron chi connectivity index (χ3n) is 2.36. The molecule has 1 aromatic carbocycles. The number of benzene rings is 1. The summed E-state index contributed by atoms with van der Waals surface area (Å²) in [7, 11) is -3.77. The van der Waals surface area contributed by atoms with Crippen LogP contribution in [0.2, 0.25) is 0 Å². The quantitative estimate of drug-likeness (QED) is 0.887. The van der Waals surface area contributed by atoms with Crippen LogP contribution in [0.1, 0.15) is 5.56 Å². The van der Waals surface area contributed by atoms with Crippen molar-refractivity contribution in [2.45, 2.75) is 10.8 Å². The fourth-order valence-corrected chi connectivity index (χ4v) is 3.63. The van der Waals surface area contributed by atoms with Crippen molar-refractivity contribution in [3.63, 3.8) is 0 Å². The van der Waals surface area contributed by atoms with E-state index in [-0.39, 0.29) is 10.8 Å². The number of rotatable bonds is 3. The molecule has 0 aliphatic heterocycles. The lowest BCUT2D eigenvalue weighted by atomic mass is 10.1. The van der Waals surface area contributed by atoms with Crippen LogP contribution < -0.4 is 5.14 Å². The molecule has 17 heavy (non-hydrogen) atoms. The molecule has 0 aliphatic rings. The van der Waals surface area contributed by atoms with E-state index in [4.69, 9.17) is 5.14 Å². The fourth-order valence-electron chi connectivity index (χ4n) is 1.61. The largest absolute Gasteiger partial charge is 0.392 e. The van der Waals surface area contributed by atoms with E-state index in [2.05, 4.69) is 0 Å². The average Bonchev–Trinajstić information content (AvgIpc) is 2.73. The summed E-state index contributed by atoms with van der Waals surface area (Å²) >= 11 is 1.03. The lowest BCUT2D eigenvalue weighted by Gasteiger charge is -2.03. The molecule has 0 saturated heterocycles. The number of thiophene rings is 1. The normalized spacial score (nSPS) is 11.6. The molecule has 0 saturated carbocycles. The van der Waals surface area contributed by atoms with Crippen molar-refractivity contribution in [2.75, 3.05) is 0 Å². The summed E-state index contributed by atoms with van der Waals surface area (Å²) in [4.78, 5) is 0. The summed E-state index contributed by atoms with van der Waals surface area (Å²) in [5.74, 6) is 0. The van der Waals surface area contributed by atoms with Gasteiger partial charge in [-0.3, -0.25) is 0 Å². The van der Waals surface area contributed by atoms with Gasteiger partial charge in [-0.2, -0.15) is 0 Å². The number of sulfonamides is 1. The van der Waals surface area contributed by atoms with Gasteiger partial charge in [-0.1, -0.05) is 30.3 Å². The third-order valence-corrected chi connectivity index (χ3v) is 4.92. The van der Waals surface area contributed by atoms with Gasteiger partial charge in [0.15, 0.2) is 0 Å². The minimum absolute atomic E-state index is 0.0267. The van der Waals surface area contributed by atoms with Crippen LogP contribution in [-0.4, -0.2) is 13.5 Å². The molecule has 4 nitrogen and oxygen atoms in total. The van der Waals surface area contributed by atoms with Crippen LogP contribution in [0.25, 0.3) is 11.1 Å². The monoisotopic (exact) mass is 269 g/mol. The molecule has 90 valence electrons. The van der Waals surface area contributed by atoms with E-state index in [9.17, 15) is 13.5 Å². The molecule has 6 heteroatoms. The van der Waals surface area contributed by atoms with E-state index in [0.29, 0.717) is 11.1 Å². The molecule has 0 radical (unpaired) electrons. The summed E-state index contributed by atoms with van der Waals surface area (Å²) in [6, 6.07) is 9.28. The van der Waals surface area contributed by atoms with Gasteiger partial charge in [0.2, 0.25) is 10.0 Å². The maximum absolute atomic E-state index is 11.3. The Morgan fingerprint density at radius 3 is 2.41 bits per heavy atom. The topological polar surface area (TPSA) is 80.4 Å². The first-order valence-electron chi connectivity index (χ1n) is 4.83. The van der Waals surface area contributed by atoms with Crippen LogP contribution in [0.3, 0.4) is 0 Å². The lowest BCUT2D eigenvalue weighted by Crippen LogP contribution is -2.12. The molecule has 0 unspecified atom stereocenters. The van der Waals surface area contributed by atoms with Crippen molar-refractivity contribution in [2.24, 2.45) is 5.14 Å². The van der Waals surface area contributed by atoms with Crippen molar-refractivity contribution in [3.8, 4) is 11.1 Å². The number of primary sulfonamides is 1. The maximum Gasteiger partial charge on any atom is 0.247 e. The zero-order valence-corrected chi connectivity index (χ0v) is 10.5. The van der Waals surface area contributed by atoms with Crippen LogP contribution in [0.4, 0.5) is 0 Å². The van der Waals surface area contributed by atoms with Crippen molar-refractivity contribution in [1.82, 2.24) is 0 Å². The molecule has 0 atom stereocenters. The minimum Gasteiger partial charge on any atom is -0.392 e. The molecule has 3 N–H and O–H groups in total. The van der Waals surface area contributed by atoms with Gasteiger partial charge in [0.05, 0.1) is 6.61 Å². The number of aliphatic hydroxyl groups excluding tert-OH is 1. The van der Waals surface area contributed by atoms with E-state index in [1.54, 1.807) is 5.38 Å². The Kier molecular flexibility index (Phi) is 3.30. The molecule has 0 spiro atoms. The van der Waals surface area contributed by atoms with Gasteiger partial charge in [0.1, 0.15) is 4.21 Å². The van der Waals surface area contributed by atoms with Gasteiger partial charge in [-0.15, -0.1) is 11.3 Å². The zero-order chi connectivity index (χ0) is 12.5. The summed E-state index contributed by atoms with van der Waals surface area (Å²) in [6.07, 6.45) is 0. The predicted molar refractivity (Wildman–Crippen MR) is 67.1 cm³/mol. The number of hydrogen-bond donors (Lipinski definition) is 2. The number of nitrogens with two attached hydrogens (primary N) is 1. The van der Waals surface area contributed by atoms with Crippen LogP contribution in [0, 0.1) is 0 Å². The molecule has 0 bridgehead atoms. The van der Waals surface area contributed by atoms with Gasteiger partial charge >= 0.3 is 0 Å². The Labute approximate surface area is 103 Å².